The molecule has 2 nitrogen and oxygen atoms in total. The van der Waals surface area contributed by atoms with Gasteiger partial charge >= 0.3 is 0 Å². The highest BCUT2D eigenvalue weighted by molar-refractivity contribution is 6.31. The topological polar surface area (TPSA) is 29.3 Å². The Morgan fingerprint density at radius 1 is 1.32 bits per heavy atom. The van der Waals surface area contributed by atoms with Crippen molar-refractivity contribution >= 4 is 11.6 Å². The Morgan fingerprint density at radius 3 is 2.68 bits per heavy atom. The Hall–Kier alpha value is -0.570. The van der Waals surface area contributed by atoms with Crippen LogP contribution in [0, 0.1) is 5.92 Å². The van der Waals surface area contributed by atoms with Crippen LogP contribution in [0.25, 0.3) is 0 Å². The Labute approximate surface area is 121 Å². The highest BCUT2D eigenvalue weighted by Crippen LogP contribution is 2.29. The molecule has 0 spiro atoms. The summed E-state index contributed by atoms with van der Waals surface area (Å²) < 4.78 is 0. The maximum Gasteiger partial charge on any atom is 0.0453 e. The smallest absolute Gasteiger partial charge is 0.0453 e. The zero-order valence-corrected chi connectivity index (χ0v) is 12.7. The quantitative estimate of drug-likeness (QED) is 0.908. The minimum atomic E-state index is 0.336. The van der Waals surface area contributed by atoms with Gasteiger partial charge in [0.15, 0.2) is 0 Å². The first-order valence-electron chi connectivity index (χ1n) is 7.30. The van der Waals surface area contributed by atoms with Gasteiger partial charge in [-0.25, -0.2) is 0 Å². The standard InChI is InChI=1S/C16H25ClN2/c1-12(14-8-4-5-9-15(14)17)19(2)11-13-7-3-6-10-16(13)18/h4-5,8-9,12-13,16H,3,6-7,10-11,18H2,1-2H3. The van der Waals surface area contributed by atoms with E-state index in [9.17, 15) is 0 Å². The Bertz CT molecular complexity index is 407. The van der Waals surface area contributed by atoms with Crippen LogP contribution >= 0.6 is 11.6 Å². The molecule has 0 radical (unpaired) electrons. The van der Waals surface area contributed by atoms with Crippen LogP contribution in [0.2, 0.25) is 5.02 Å². The van der Waals surface area contributed by atoms with Gasteiger partial charge in [0.2, 0.25) is 0 Å². The van der Waals surface area contributed by atoms with Gasteiger partial charge in [0.25, 0.3) is 0 Å². The van der Waals surface area contributed by atoms with Crippen LogP contribution in [-0.4, -0.2) is 24.5 Å². The lowest BCUT2D eigenvalue weighted by Crippen LogP contribution is -2.40. The number of hydrogen-bond acceptors (Lipinski definition) is 2. The molecule has 0 aliphatic heterocycles. The van der Waals surface area contributed by atoms with Crippen LogP contribution in [0.15, 0.2) is 24.3 Å². The molecule has 2 rings (SSSR count). The van der Waals surface area contributed by atoms with E-state index in [0.717, 1.165) is 11.6 Å². The van der Waals surface area contributed by atoms with E-state index >= 15 is 0 Å². The Balaban J connectivity index is 1.99. The van der Waals surface area contributed by atoms with Crippen LogP contribution in [0.5, 0.6) is 0 Å². The van der Waals surface area contributed by atoms with Crippen LogP contribution in [-0.2, 0) is 0 Å². The molecule has 19 heavy (non-hydrogen) atoms. The molecule has 1 aromatic carbocycles. The number of benzene rings is 1. The zero-order valence-electron chi connectivity index (χ0n) is 12.0. The van der Waals surface area contributed by atoms with Gasteiger partial charge < -0.3 is 5.73 Å². The summed E-state index contributed by atoms with van der Waals surface area (Å²) in [4.78, 5) is 2.39. The van der Waals surface area contributed by atoms with Crippen molar-refractivity contribution < 1.29 is 0 Å². The molecule has 0 aromatic heterocycles. The summed E-state index contributed by atoms with van der Waals surface area (Å²) in [5, 5.41) is 0.856. The van der Waals surface area contributed by atoms with Gasteiger partial charge in [-0.2, -0.15) is 0 Å². The summed E-state index contributed by atoms with van der Waals surface area (Å²) >= 11 is 6.28. The fourth-order valence-electron chi connectivity index (χ4n) is 3.04. The zero-order chi connectivity index (χ0) is 13.8. The lowest BCUT2D eigenvalue weighted by molar-refractivity contribution is 0.176. The second-order valence-electron chi connectivity index (χ2n) is 5.85. The molecular weight excluding hydrogens is 256 g/mol. The average Bonchev–Trinajstić information content (AvgIpc) is 2.41. The van der Waals surface area contributed by atoms with Gasteiger partial charge in [-0.3, -0.25) is 4.90 Å². The van der Waals surface area contributed by atoms with Crippen molar-refractivity contribution in [1.29, 1.82) is 0 Å². The molecule has 1 aromatic rings. The van der Waals surface area contributed by atoms with Gasteiger partial charge in [-0.1, -0.05) is 42.6 Å². The van der Waals surface area contributed by atoms with Gasteiger partial charge in [0.05, 0.1) is 0 Å². The molecule has 2 N–H and O–H groups in total. The van der Waals surface area contributed by atoms with E-state index in [1.54, 1.807) is 0 Å². The number of rotatable bonds is 4. The lowest BCUT2D eigenvalue weighted by atomic mass is 9.84. The monoisotopic (exact) mass is 280 g/mol. The normalized spacial score (nSPS) is 25.5. The van der Waals surface area contributed by atoms with Gasteiger partial charge in [0, 0.05) is 23.7 Å². The maximum absolute atomic E-state index is 6.28. The number of nitrogens with zero attached hydrogens (tertiary/aromatic N) is 1. The maximum atomic E-state index is 6.28. The third-order valence-electron chi connectivity index (χ3n) is 4.51. The molecule has 3 unspecified atom stereocenters. The fraction of sp³-hybridized carbons (Fsp3) is 0.625. The minimum absolute atomic E-state index is 0.336. The predicted octanol–water partition coefficient (Wildman–Crippen LogP) is 3.85. The average molecular weight is 281 g/mol. The van der Waals surface area contributed by atoms with Crippen LogP contribution in [0.3, 0.4) is 0 Å². The van der Waals surface area contributed by atoms with E-state index in [4.69, 9.17) is 17.3 Å². The predicted molar refractivity (Wildman–Crippen MR) is 82.4 cm³/mol. The SMILES string of the molecule is CC(c1ccccc1Cl)N(C)CC1CCCCC1N. The van der Waals surface area contributed by atoms with E-state index in [-0.39, 0.29) is 0 Å². The van der Waals surface area contributed by atoms with Crippen molar-refractivity contribution in [2.45, 2.75) is 44.7 Å². The number of halogens is 1. The van der Waals surface area contributed by atoms with Crippen molar-refractivity contribution in [3.8, 4) is 0 Å². The molecular formula is C16H25ClN2. The van der Waals surface area contributed by atoms with E-state index < -0.39 is 0 Å². The molecule has 0 bridgehead atoms. The highest BCUT2D eigenvalue weighted by atomic mass is 35.5. The molecule has 1 aliphatic rings. The van der Waals surface area contributed by atoms with Crippen molar-refractivity contribution in [3.63, 3.8) is 0 Å². The van der Waals surface area contributed by atoms with Crippen molar-refractivity contribution in [1.82, 2.24) is 4.90 Å². The second-order valence-corrected chi connectivity index (χ2v) is 6.25. The summed E-state index contributed by atoms with van der Waals surface area (Å²) in [6.07, 6.45) is 5.06. The van der Waals surface area contributed by atoms with Crippen molar-refractivity contribution in [3.05, 3.63) is 34.9 Å². The molecule has 0 amide bonds. The molecule has 106 valence electrons. The number of nitrogens with two attached hydrogens (primary N) is 1. The third-order valence-corrected chi connectivity index (χ3v) is 4.85. The first kappa shape index (κ1) is 14.8. The number of hydrogen-bond donors (Lipinski definition) is 1. The molecule has 3 atom stereocenters. The summed E-state index contributed by atoms with van der Waals surface area (Å²) in [7, 11) is 2.18. The summed E-state index contributed by atoms with van der Waals surface area (Å²) in [6.45, 7) is 3.28. The summed E-state index contributed by atoms with van der Waals surface area (Å²) in [5.41, 5.74) is 7.45. The largest absolute Gasteiger partial charge is 0.327 e. The van der Waals surface area contributed by atoms with E-state index in [1.807, 2.05) is 12.1 Å². The molecule has 0 heterocycles. The molecule has 1 aliphatic carbocycles. The first-order valence-corrected chi connectivity index (χ1v) is 7.67. The van der Waals surface area contributed by atoms with Crippen molar-refractivity contribution in [2.24, 2.45) is 11.7 Å². The van der Waals surface area contributed by atoms with E-state index in [2.05, 4.69) is 31.0 Å². The molecule has 1 saturated carbocycles. The summed E-state index contributed by atoms with van der Waals surface area (Å²) in [6, 6.07) is 8.82. The molecule has 0 saturated heterocycles. The van der Waals surface area contributed by atoms with Crippen LogP contribution in [0.1, 0.15) is 44.2 Å². The lowest BCUT2D eigenvalue weighted by Gasteiger charge is -2.35. The summed E-state index contributed by atoms with van der Waals surface area (Å²) in [5.74, 6) is 0.628. The highest BCUT2D eigenvalue weighted by Gasteiger charge is 2.25. The molecule has 3 heteroatoms. The van der Waals surface area contributed by atoms with E-state index in [1.165, 1.54) is 31.2 Å². The van der Waals surface area contributed by atoms with E-state index in [0.29, 0.717) is 18.0 Å². The van der Waals surface area contributed by atoms with Gasteiger partial charge in [-0.05, 0) is 44.4 Å². The van der Waals surface area contributed by atoms with Crippen molar-refractivity contribution in [2.75, 3.05) is 13.6 Å². The van der Waals surface area contributed by atoms with Gasteiger partial charge in [0.1, 0.15) is 0 Å². The van der Waals surface area contributed by atoms with Gasteiger partial charge in [-0.15, -0.1) is 0 Å². The first-order chi connectivity index (χ1) is 9.09. The fourth-order valence-corrected chi connectivity index (χ4v) is 3.34. The van der Waals surface area contributed by atoms with Crippen LogP contribution in [0.4, 0.5) is 0 Å². The third kappa shape index (κ3) is 3.71. The second kappa shape index (κ2) is 6.74. The van der Waals surface area contributed by atoms with Crippen LogP contribution < -0.4 is 5.73 Å². The minimum Gasteiger partial charge on any atom is -0.327 e. The Morgan fingerprint density at radius 2 is 2.00 bits per heavy atom. The Kier molecular flexibility index (Phi) is 5.26. The molecule has 1 fully saturated rings.